The van der Waals surface area contributed by atoms with E-state index in [-0.39, 0.29) is 17.4 Å². The zero-order valence-corrected chi connectivity index (χ0v) is 13.1. The Morgan fingerprint density at radius 1 is 1.37 bits per heavy atom. The van der Waals surface area contributed by atoms with E-state index in [1.54, 1.807) is 18.2 Å². The number of benzene rings is 1. The Hall–Kier alpha value is -0.920. The van der Waals surface area contributed by atoms with Gasteiger partial charge in [-0.2, -0.15) is 4.31 Å². The molecule has 0 radical (unpaired) electrons. The van der Waals surface area contributed by atoms with E-state index in [9.17, 15) is 13.2 Å². The SMILES string of the molecule is CC(C)CN(CC(=O)O)S(=O)(=O)c1ccccc1Br. The van der Waals surface area contributed by atoms with Crippen molar-refractivity contribution in [1.82, 2.24) is 4.31 Å². The lowest BCUT2D eigenvalue weighted by Gasteiger charge is -2.22. The summed E-state index contributed by atoms with van der Waals surface area (Å²) in [7, 11) is -3.82. The topological polar surface area (TPSA) is 74.7 Å². The molecule has 5 nitrogen and oxygen atoms in total. The van der Waals surface area contributed by atoms with Crippen molar-refractivity contribution in [3.05, 3.63) is 28.7 Å². The maximum atomic E-state index is 12.5. The first-order chi connectivity index (χ1) is 8.75. The monoisotopic (exact) mass is 349 g/mol. The maximum absolute atomic E-state index is 12.5. The first kappa shape index (κ1) is 16.1. The summed E-state index contributed by atoms with van der Waals surface area (Å²) >= 11 is 3.18. The molecule has 0 aliphatic heterocycles. The second kappa shape index (κ2) is 6.49. The largest absolute Gasteiger partial charge is 0.480 e. The minimum absolute atomic E-state index is 0.0385. The summed E-state index contributed by atoms with van der Waals surface area (Å²) in [5.41, 5.74) is 0. The van der Waals surface area contributed by atoms with Gasteiger partial charge in [0, 0.05) is 11.0 Å². The fourth-order valence-electron chi connectivity index (χ4n) is 1.60. The van der Waals surface area contributed by atoms with Crippen LogP contribution in [0.5, 0.6) is 0 Å². The van der Waals surface area contributed by atoms with Gasteiger partial charge in [-0.05, 0) is 34.0 Å². The van der Waals surface area contributed by atoms with Crippen molar-refractivity contribution >= 4 is 31.9 Å². The molecule has 0 saturated carbocycles. The lowest BCUT2D eigenvalue weighted by Crippen LogP contribution is -2.38. The number of nitrogens with zero attached hydrogens (tertiary/aromatic N) is 1. The molecule has 106 valence electrons. The normalized spacial score (nSPS) is 12.1. The smallest absolute Gasteiger partial charge is 0.318 e. The minimum atomic E-state index is -3.82. The number of rotatable bonds is 6. The molecule has 0 unspecified atom stereocenters. The number of halogens is 1. The molecule has 19 heavy (non-hydrogen) atoms. The Kier molecular flexibility index (Phi) is 5.51. The van der Waals surface area contributed by atoms with Crippen molar-refractivity contribution in [2.45, 2.75) is 18.7 Å². The number of sulfonamides is 1. The third-order valence-electron chi connectivity index (χ3n) is 2.33. The van der Waals surface area contributed by atoms with Crippen LogP contribution in [-0.2, 0) is 14.8 Å². The second-order valence-corrected chi connectivity index (χ2v) is 7.28. The molecular weight excluding hydrogens is 334 g/mol. The zero-order valence-electron chi connectivity index (χ0n) is 10.7. The van der Waals surface area contributed by atoms with E-state index in [2.05, 4.69) is 15.9 Å². The molecule has 0 atom stereocenters. The van der Waals surface area contributed by atoms with Crippen LogP contribution in [-0.4, -0.2) is 36.9 Å². The lowest BCUT2D eigenvalue weighted by atomic mass is 10.2. The highest BCUT2D eigenvalue weighted by Crippen LogP contribution is 2.25. The van der Waals surface area contributed by atoms with Gasteiger partial charge in [0.15, 0.2) is 0 Å². The lowest BCUT2D eigenvalue weighted by molar-refractivity contribution is -0.137. The van der Waals surface area contributed by atoms with E-state index in [0.29, 0.717) is 4.47 Å². The summed E-state index contributed by atoms with van der Waals surface area (Å²) in [4.78, 5) is 10.9. The van der Waals surface area contributed by atoms with Gasteiger partial charge in [0.25, 0.3) is 0 Å². The summed E-state index contributed by atoms with van der Waals surface area (Å²) < 4.78 is 26.3. The van der Waals surface area contributed by atoms with Crippen molar-refractivity contribution in [2.24, 2.45) is 5.92 Å². The first-order valence-corrected chi connectivity index (χ1v) is 7.95. The van der Waals surface area contributed by atoms with Gasteiger partial charge in [-0.3, -0.25) is 4.79 Å². The summed E-state index contributed by atoms with van der Waals surface area (Å²) in [5.74, 6) is -1.13. The standard InChI is InChI=1S/C12H16BrNO4S/c1-9(2)7-14(8-12(15)16)19(17,18)11-6-4-3-5-10(11)13/h3-6,9H,7-8H2,1-2H3,(H,15,16). The van der Waals surface area contributed by atoms with Crippen molar-refractivity contribution in [3.63, 3.8) is 0 Å². The average Bonchev–Trinajstić information content (AvgIpc) is 2.27. The molecule has 1 N–H and O–H groups in total. The van der Waals surface area contributed by atoms with Crippen molar-refractivity contribution in [2.75, 3.05) is 13.1 Å². The first-order valence-electron chi connectivity index (χ1n) is 5.71. The van der Waals surface area contributed by atoms with Crippen LogP contribution >= 0.6 is 15.9 Å². The second-order valence-electron chi connectivity index (χ2n) is 4.52. The van der Waals surface area contributed by atoms with Crippen LogP contribution in [0.15, 0.2) is 33.6 Å². The fourth-order valence-corrected chi connectivity index (χ4v) is 4.12. The van der Waals surface area contributed by atoms with Gasteiger partial charge in [0.2, 0.25) is 10.0 Å². The number of hydrogen-bond acceptors (Lipinski definition) is 3. The van der Waals surface area contributed by atoms with Gasteiger partial charge in [-0.1, -0.05) is 26.0 Å². The summed E-state index contributed by atoms with van der Waals surface area (Å²) in [6, 6.07) is 6.37. The van der Waals surface area contributed by atoms with Crippen molar-refractivity contribution < 1.29 is 18.3 Å². The van der Waals surface area contributed by atoms with Gasteiger partial charge < -0.3 is 5.11 Å². The highest BCUT2D eigenvalue weighted by molar-refractivity contribution is 9.10. The van der Waals surface area contributed by atoms with Crippen LogP contribution in [0.25, 0.3) is 0 Å². The molecular formula is C12H16BrNO4S. The van der Waals surface area contributed by atoms with Crippen LogP contribution in [0.1, 0.15) is 13.8 Å². The van der Waals surface area contributed by atoms with E-state index in [1.165, 1.54) is 6.07 Å². The van der Waals surface area contributed by atoms with Crippen LogP contribution < -0.4 is 0 Å². The number of hydrogen-bond donors (Lipinski definition) is 1. The highest BCUT2D eigenvalue weighted by Gasteiger charge is 2.28. The predicted octanol–water partition coefficient (Wildman–Crippen LogP) is 2.18. The van der Waals surface area contributed by atoms with E-state index in [4.69, 9.17) is 5.11 Å². The Balaban J connectivity index is 3.19. The van der Waals surface area contributed by atoms with Gasteiger partial charge in [-0.25, -0.2) is 8.42 Å². The van der Waals surface area contributed by atoms with E-state index >= 15 is 0 Å². The summed E-state index contributed by atoms with van der Waals surface area (Å²) in [5, 5.41) is 8.86. The van der Waals surface area contributed by atoms with Gasteiger partial charge in [-0.15, -0.1) is 0 Å². The van der Waals surface area contributed by atoms with Gasteiger partial charge in [0.05, 0.1) is 4.90 Å². The zero-order chi connectivity index (χ0) is 14.6. The van der Waals surface area contributed by atoms with Gasteiger partial charge >= 0.3 is 5.97 Å². The van der Waals surface area contributed by atoms with E-state index in [0.717, 1.165) is 4.31 Å². The Morgan fingerprint density at radius 2 is 1.95 bits per heavy atom. The fraction of sp³-hybridized carbons (Fsp3) is 0.417. The number of carboxylic acids is 1. The molecule has 0 bridgehead atoms. The number of carbonyl (C=O) groups is 1. The molecule has 0 aliphatic carbocycles. The Morgan fingerprint density at radius 3 is 2.42 bits per heavy atom. The molecule has 0 fully saturated rings. The molecule has 1 aromatic carbocycles. The van der Waals surface area contributed by atoms with Crippen molar-refractivity contribution in [3.8, 4) is 0 Å². The average molecular weight is 350 g/mol. The highest BCUT2D eigenvalue weighted by atomic mass is 79.9. The minimum Gasteiger partial charge on any atom is -0.480 e. The summed E-state index contributed by atoms with van der Waals surface area (Å²) in [6.07, 6.45) is 0. The van der Waals surface area contributed by atoms with E-state index < -0.39 is 22.5 Å². The molecule has 0 heterocycles. The number of aliphatic carboxylic acids is 1. The quantitative estimate of drug-likeness (QED) is 0.853. The van der Waals surface area contributed by atoms with Crippen LogP contribution in [0.4, 0.5) is 0 Å². The van der Waals surface area contributed by atoms with E-state index in [1.807, 2.05) is 13.8 Å². The molecule has 0 saturated heterocycles. The molecule has 1 rings (SSSR count). The Labute approximate surface area is 121 Å². The molecule has 0 aromatic heterocycles. The predicted molar refractivity (Wildman–Crippen MR) is 75.4 cm³/mol. The molecule has 1 aromatic rings. The number of carboxylic acid groups (broad SMARTS) is 1. The summed E-state index contributed by atoms with van der Waals surface area (Å²) in [6.45, 7) is 3.30. The molecule has 0 amide bonds. The molecule has 0 aliphatic rings. The third-order valence-corrected chi connectivity index (χ3v) is 5.16. The maximum Gasteiger partial charge on any atom is 0.318 e. The third kappa shape index (κ3) is 4.29. The van der Waals surface area contributed by atoms with Crippen molar-refractivity contribution in [1.29, 1.82) is 0 Å². The van der Waals surface area contributed by atoms with Crippen LogP contribution in [0, 0.1) is 5.92 Å². The van der Waals surface area contributed by atoms with Crippen LogP contribution in [0.3, 0.4) is 0 Å². The molecule has 0 spiro atoms. The Bertz CT molecular complexity index is 557. The van der Waals surface area contributed by atoms with Gasteiger partial charge in [0.1, 0.15) is 6.54 Å². The molecule has 7 heteroatoms. The van der Waals surface area contributed by atoms with Crippen LogP contribution in [0.2, 0.25) is 0 Å².